The average molecular weight is 695 g/mol. The fraction of sp³-hybridized carbons (Fsp3) is 0.500. The molecule has 7 N–H and O–H groups in total. The molecule has 1 rings (SSSR count). The molecule has 0 saturated carbocycles. The molecule has 0 aromatic heterocycles. The number of likely N-dealkylation sites (N-methyl/N-ethyl adjacent to an activating group) is 1. The Hall–Kier alpha value is 0.640. The van der Waals surface area contributed by atoms with Gasteiger partial charge in [0.05, 0.1) is 18.3 Å². The summed E-state index contributed by atoms with van der Waals surface area (Å²) in [5.74, 6) is -0.861. The maximum atomic E-state index is 10.7. The van der Waals surface area contributed by atoms with Crippen LogP contribution >= 0.6 is 67.8 Å². The van der Waals surface area contributed by atoms with E-state index in [1.54, 1.807) is 7.05 Å². The molecule has 0 bridgehead atoms. The highest BCUT2D eigenvalue weighted by Gasteiger charge is 2.29. The summed E-state index contributed by atoms with van der Waals surface area (Å²) in [6.45, 7) is -0.569. The van der Waals surface area contributed by atoms with Crippen molar-refractivity contribution in [3.05, 3.63) is 28.4 Å². The third-order valence-electron chi connectivity index (χ3n) is 2.96. The molecule has 1 aromatic rings. The van der Waals surface area contributed by atoms with Crippen LogP contribution in [0.1, 0.15) is 10.4 Å². The predicted molar refractivity (Wildman–Crippen MR) is 117 cm³/mol. The van der Waals surface area contributed by atoms with Crippen molar-refractivity contribution in [3.8, 4) is 0 Å². The number of halogens is 3. The summed E-state index contributed by atoms with van der Waals surface area (Å²) in [5.41, 5.74) is 0.400. The molecule has 0 heterocycles. The van der Waals surface area contributed by atoms with Crippen LogP contribution in [0, 0.1) is 10.7 Å². The quantitative estimate of drug-likeness (QED) is 0.195. The fourth-order valence-electron chi connectivity index (χ4n) is 1.64. The number of aromatic carboxylic acids is 1. The molecule has 0 amide bonds. The zero-order chi connectivity index (χ0) is 19.7. The van der Waals surface area contributed by atoms with Gasteiger partial charge in [-0.2, -0.15) is 0 Å². The SMILES string of the molecule is CNCC(O)C(O)C(O)C(O)CO.O=C(O)c1c(I)cc(I)cc1I. The van der Waals surface area contributed by atoms with Crippen molar-refractivity contribution in [1.29, 1.82) is 0 Å². The van der Waals surface area contributed by atoms with Gasteiger partial charge in [0.2, 0.25) is 0 Å². The first-order valence-electron chi connectivity index (χ1n) is 6.92. The molecule has 1 aromatic carbocycles. The van der Waals surface area contributed by atoms with E-state index in [4.69, 9.17) is 25.5 Å². The van der Waals surface area contributed by atoms with Crippen molar-refractivity contribution in [1.82, 2.24) is 5.32 Å². The topological polar surface area (TPSA) is 150 Å². The molecule has 11 heteroatoms. The van der Waals surface area contributed by atoms with Gasteiger partial charge >= 0.3 is 5.97 Å². The van der Waals surface area contributed by atoms with Crippen LogP contribution in [0.25, 0.3) is 0 Å². The van der Waals surface area contributed by atoms with Crippen LogP contribution in [-0.2, 0) is 0 Å². The van der Waals surface area contributed by atoms with E-state index in [0.717, 1.165) is 10.7 Å². The molecule has 25 heavy (non-hydrogen) atoms. The average Bonchev–Trinajstić information content (AvgIpc) is 2.52. The summed E-state index contributed by atoms with van der Waals surface area (Å²) < 4.78 is 2.64. The minimum Gasteiger partial charge on any atom is -0.478 e. The smallest absolute Gasteiger partial charge is 0.337 e. The van der Waals surface area contributed by atoms with Crippen molar-refractivity contribution in [3.63, 3.8) is 0 Å². The number of aliphatic hydroxyl groups excluding tert-OH is 5. The van der Waals surface area contributed by atoms with Gasteiger partial charge in [0.15, 0.2) is 0 Å². The van der Waals surface area contributed by atoms with Gasteiger partial charge in [-0.05, 0) is 87.0 Å². The zero-order valence-corrected chi connectivity index (χ0v) is 19.6. The molecule has 0 aliphatic rings. The number of nitrogens with one attached hydrogen (secondary N) is 1. The lowest BCUT2D eigenvalue weighted by Crippen LogP contribution is -2.48. The lowest BCUT2D eigenvalue weighted by atomic mass is 10.0. The van der Waals surface area contributed by atoms with Crippen LogP contribution in [0.3, 0.4) is 0 Å². The van der Waals surface area contributed by atoms with E-state index in [0.29, 0.717) is 5.56 Å². The Morgan fingerprint density at radius 3 is 1.84 bits per heavy atom. The second-order valence-electron chi connectivity index (χ2n) is 4.91. The van der Waals surface area contributed by atoms with Gasteiger partial charge in [0.1, 0.15) is 18.3 Å². The van der Waals surface area contributed by atoms with Gasteiger partial charge in [-0.3, -0.25) is 0 Å². The zero-order valence-electron chi connectivity index (χ0n) is 13.1. The van der Waals surface area contributed by atoms with E-state index in [2.05, 4.69) is 27.9 Å². The highest BCUT2D eigenvalue weighted by atomic mass is 127. The number of carboxylic acids is 1. The molecule has 0 saturated heterocycles. The van der Waals surface area contributed by atoms with Crippen molar-refractivity contribution in [2.75, 3.05) is 20.2 Å². The molecule has 4 unspecified atom stereocenters. The first-order valence-corrected chi connectivity index (χ1v) is 10.2. The van der Waals surface area contributed by atoms with Crippen LogP contribution < -0.4 is 5.32 Å². The third kappa shape index (κ3) is 8.91. The van der Waals surface area contributed by atoms with Crippen LogP contribution in [0.5, 0.6) is 0 Å². The fourth-order valence-corrected chi connectivity index (χ4v) is 5.68. The van der Waals surface area contributed by atoms with Gasteiger partial charge in [-0.25, -0.2) is 4.79 Å². The second-order valence-corrected chi connectivity index (χ2v) is 8.48. The van der Waals surface area contributed by atoms with Crippen LogP contribution in [0.15, 0.2) is 12.1 Å². The highest BCUT2D eigenvalue weighted by molar-refractivity contribution is 14.1. The first kappa shape index (κ1) is 25.6. The van der Waals surface area contributed by atoms with E-state index in [9.17, 15) is 9.90 Å². The summed E-state index contributed by atoms with van der Waals surface area (Å²) in [4.78, 5) is 10.7. The number of hydrogen-bond acceptors (Lipinski definition) is 7. The number of carboxylic acid groups (broad SMARTS) is 1. The maximum absolute atomic E-state index is 10.7. The Morgan fingerprint density at radius 2 is 1.48 bits per heavy atom. The monoisotopic (exact) mass is 695 g/mol. The first-order chi connectivity index (χ1) is 11.6. The third-order valence-corrected chi connectivity index (χ3v) is 5.28. The van der Waals surface area contributed by atoms with Crippen molar-refractivity contribution < 1.29 is 35.4 Å². The normalized spacial score (nSPS) is 15.6. The van der Waals surface area contributed by atoms with Gasteiger partial charge in [-0.1, -0.05) is 0 Å². The predicted octanol–water partition coefficient (Wildman–Crippen LogP) is -0.160. The van der Waals surface area contributed by atoms with E-state index in [1.807, 2.05) is 57.3 Å². The molecule has 0 fully saturated rings. The minimum absolute atomic E-state index is 0.0936. The molecular formula is C14H20I3NO7. The number of rotatable bonds is 7. The second kappa shape index (κ2) is 12.9. The molecule has 0 aliphatic heterocycles. The number of aliphatic hydroxyl groups is 5. The molecular weight excluding hydrogens is 675 g/mol. The summed E-state index contributed by atoms with van der Waals surface area (Å²) in [7, 11) is 1.57. The molecule has 0 aliphatic carbocycles. The molecule has 8 nitrogen and oxygen atoms in total. The van der Waals surface area contributed by atoms with E-state index in [-0.39, 0.29) is 6.54 Å². The van der Waals surface area contributed by atoms with Gasteiger partial charge in [0.25, 0.3) is 0 Å². The Morgan fingerprint density at radius 1 is 1.04 bits per heavy atom. The molecule has 0 spiro atoms. The van der Waals surface area contributed by atoms with Crippen LogP contribution in [0.4, 0.5) is 0 Å². The Bertz CT molecular complexity index is 538. The van der Waals surface area contributed by atoms with Gasteiger partial charge in [0, 0.05) is 17.3 Å². The van der Waals surface area contributed by atoms with E-state index < -0.39 is 37.0 Å². The summed E-state index contributed by atoms with van der Waals surface area (Å²) in [5, 5.41) is 56.3. The summed E-state index contributed by atoms with van der Waals surface area (Å²) >= 11 is 6.24. The van der Waals surface area contributed by atoms with Crippen molar-refractivity contribution >= 4 is 73.7 Å². The summed E-state index contributed by atoms with van der Waals surface area (Å²) in [6, 6.07) is 3.71. The largest absolute Gasteiger partial charge is 0.478 e. The number of carbonyl (C=O) groups is 1. The van der Waals surface area contributed by atoms with Crippen molar-refractivity contribution in [2.45, 2.75) is 24.4 Å². The van der Waals surface area contributed by atoms with E-state index >= 15 is 0 Å². The summed E-state index contributed by atoms with van der Waals surface area (Å²) in [6.07, 6.45) is -5.65. The number of hydrogen-bond donors (Lipinski definition) is 7. The highest BCUT2D eigenvalue weighted by Crippen LogP contribution is 2.22. The lowest BCUT2D eigenvalue weighted by molar-refractivity contribution is -0.113. The van der Waals surface area contributed by atoms with Crippen LogP contribution in [0.2, 0.25) is 0 Å². The van der Waals surface area contributed by atoms with Gasteiger partial charge < -0.3 is 36.0 Å². The standard InChI is InChI=1S/C7H3I3O2.C7H17NO5/c8-3-1-4(9)6(7(11)12)5(10)2-3;1-8-2-4(10)6(12)7(13)5(11)3-9/h1-2H,(H,11,12);4-13H,2-3H2,1H3. The number of benzene rings is 1. The Kier molecular flexibility index (Phi) is 13.3. The molecule has 144 valence electrons. The maximum Gasteiger partial charge on any atom is 0.337 e. The Labute approximate surface area is 186 Å². The molecule has 4 atom stereocenters. The molecule has 0 radical (unpaired) electrons. The minimum atomic E-state index is -1.55. The lowest BCUT2D eigenvalue weighted by Gasteiger charge is -2.25. The van der Waals surface area contributed by atoms with Crippen molar-refractivity contribution in [2.24, 2.45) is 0 Å². The Balaban J connectivity index is 0.000000462. The van der Waals surface area contributed by atoms with Gasteiger partial charge in [-0.15, -0.1) is 0 Å². The van der Waals surface area contributed by atoms with E-state index in [1.165, 1.54) is 0 Å². The van der Waals surface area contributed by atoms with Crippen LogP contribution in [-0.4, -0.2) is 81.2 Å².